The van der Waals surface area contributed by atoms with Crippen LogP contribution in [0.1, 0.15) is 94.6 Å². The van der Waals surface area contributed by atoms with Gasteiger partial charge in [-0.2, -0.15) is 0 Å². The van der Waals surface area contributed by atoms with Crippen LogP contribution in [-0.4, -0.2) is 76.5 Å². The summed E-state index contributed by atoms with van der Waals surface area (Å²) in [7, 11) is 0. The first-order valence-electron chi connectivity index (χ1n) is 18.4. The third-order valence-corrected chi connectivity index (χ3v) is 11.6. The molecule has 1 unspecified atom stereocenters. The summed E-state index contributed by atoms with van der Waals surface area (Å²) in [6, 6.07) is 23.1. The lowest BCUT2D eigenvalue weighted by atomic mass is 9.71. The Labute approximate surface area is 313 Å². The SMILES string of the molecule is CC(=O)c1nccc(COc2ccc(C(C)(C)c3ccc(N4CCC5(CC4)CN(c4ccc6c(c4)C(=O)N(C4CCC(=O)NC4=O)C6=O)C5)cc3)cc2)n1. The molecule has 0 saturated carbocycles. The summed E-state index contributed by atoms with van der Waals surface area (Å²) in [5, 5.41) is 2.25. The summed E-state index contributed by atoms with van der Waals surface area (Å²) < 4.78 is 5.94. The topological polar surface area (TPSA) is 142 Å². The normalized spacial score (nSPS) is 19.5. The molecule has 4 aliphatic rings. The average Bonchev–Trinajstić information content (AvgIpc) is 3.41. The molecule has 1 atom stereocenters. The zero-order valence-corrected chi connectivity index (χ0v) is 30.6. The average molecular weight is 727 g/mol. The zero-order chi connectivity index (χ0) is 37.8. The van der Waals surface area contributed by atoms with Gasteiger partial charge in [-0.1, -0.05) is 38.1 Å². The van der Waals surface area contributed by atoms with E-state index < -0.39 is 23.8 Å². The summed E-state index contributed by atoms with van der Waals surface area (Å²) >= 11 is 0. The largest absolute Gasteiger partial charge is 0.487 e. The van der Waals surface area contributed by atoms with E-state index in [1.807, 2.05) is 18.2 Å². The number of amides is 4. The molecule has 3 saturated heterocycles. The molecule has 0 bridgehead atoms. The van der Waals surface area contributed by atoms with Gasteiger partial charge < -0.3 is 14.5 Å². The van der Waals surface area contributed by atoms with E-state index in [4.69, 9.17) is 4.74 Å². The van der Waals surface area contributed by atoms with E-state index in [-0.39, 0.29) is 47.8 Å². The summed E-state index contributed by atoms with van der Waals surface area (Å²) in [6.07, 6.45) is 3.93. The van der Waals surface area contributed by atoms with Gasteiger partial charge in [-0.05, 0) is 78.9 Å². The van der Waals surface area contributed by atoms with Gasteiger partial charge in [-0.25, -0.2) is 9.97 Å². The third kappa shape index (κ3) is 6.39. The van der Waals surface area contributed by atoms with Gasteiger partial charge in [0.25, 0.3) is 11.8 Å². The molecule has 54 heavy (non-hydrogen) atoms. The van der Waals surface area contributed by atoms with Crippen molar-refractivity contribution in [1.29, 1.82) is 0 Å². The molecule has 12 nitrogen and oxygen atoms in total. The number of nitrogens with zero attached hydrogens (tertiary/aromatic N) is 5. The second-order valence-corrected chi connectivity index (χ2v) is 15.4. The fourth-order valence-electron chi connectivity index (χ4n) is 8.18. The molecule has 4 amide bonds. The first-order chi connectivity index (χ1) is 25.9. The predicted molar refractivity (Wildman–Crippen MR) is 201 cm³/mol. The molecule has 5 heterocycles. The van der Waals surface area contributed by atoms with Crippen molar-refractivity contribution in [2.24, 2.45) is 5.41 Å². The molecular formula is C42H42N6O6. The Kier molecular flexibility index (Phi) is 8.78. The van der Waals surface area contributed by atoms with Crippen LogP contribution >= 0.6 is 0 Å². The maximum Gasteiger partial charge on any atom is 0.262 e. The van der Waals surface area contributed by atoms with E-state index >= 15 is 0 Å². The third-order valence-electron chi connectivity index (χ3n) is 11.6. The monoisotopic (exact) mass is 726 g/mol. The van der Waals surface area contributed by atoms with Crippen molar-refractivity contribution in [1.82, 2.24) is 20.2 Å². The number of carbonyl (C=O) groups excluding carboxylic acids is 5. The van der Waals surface area contributed by atoms with Crippen LogP contribution in [-0.2, 0) is 21.6 Å². The highest BCUT2D eigenvalue weighted by atomic mass is 16.5. The molecule has 1 spiro atoms. The number of anilines is 2. The molecule has 4 aliphatic heterocycles. The number of hydrogen-bond donors (Lipinski definition) is 1. The molecule has 1 aromatic heterocycles. The molecule has 276 valence electrons. The van der Waals surface area contributed by atoms with Gasteiger partial charge in [0.05, 0.1) is 16.8 Å². The Morgan fingerprint density at radius 2 is 1.50 bits per heavy atom. The Bertz CT molecular complexity index is 2170. The maximum absolute atomic E-state index is 13.3. The van der Waals surface area contributed by atoms with Crippen LogP contribution in [0.5, 0.6) is 5.75 Å². The number of piperidine rings is 2. The van der Waals surface area contributed by atoms with Crippen LogP contribution in [0.4, 0.5) is 11.4 Å². The summed E-state index contributed by atoms with van der Waals surface area (Å²) in [5.41, 5.74) is 5.75. The standard InChI is InChI=1S/C42H42N6O6/c1-26(49)37-43-19-16-29(44-37)23-54-32-11-6-28(7-12-32)41(2,3)27-4-8-30(9-5-27)46-20-17-42(18-21-46)24-47(25-42)31-10-13-33-34(22-31)40(53)48(39(33)52)35-14-15-36(50)45-38(35)51/h4-13,16,19,22,35H,14-15,17-18,20-21,23-25H2,1-3H3,(H,45,50,51). The van der Waals surface area contributed by atoms with Crippen LogP contribution in [0.3, 0.4) is 0 Å². The molecule has 3 aromatic carbocycles. The molecule has 3 fully saturated rings. The lowest BCUT2D eigenvalue weighted by Gasteiger charge is -2.55. The number of benzene rings is 3. The highest BCUT2D eigenvalue weighted by Crippen LogP contribution is 2.44. The van der Waals surface area contributed by atoms with Crippen LogP contribution in [0.15, 0.2) is 79.0 Å². The number of Topliss-reactive ketones (excluding diaryl/α,β-unsaturated/α-hetero) is 1. The van der Waals surface area contributed by atoms with Gasteiger partial charge >= 0.3 is 0 Å². The van der Waals surface area contributed by atoms with E-state index in [2.05, 4.69) is 75.3 Å². The van der Waals surface area contributed by atoms with Gasteiger partial charge in [0.2, 0.25) is 11.8 Å². The summed E-state index contributed by atoms with van der Waals surface area (Å²) in [4.78, 5) is 76.1. The fourth-order valence-corrected chi connectivity index (χ4v) is 8.18. The molecule has 4 aromatic rings. The quantitative estimate of drug-likeness (QED) is 0.183. The fraction of sp³-hybridized carbons (Fsp3) is 0.357. The molecular weight excluding hydrogens is 684 g/mol. The Morgan fingerprint density at radius 1 is 0.852 bits per heavy atom. The van der Waals surface area contributed by atoms with Gasteiger partial charge in [-0.3, -0.25) is 34.2 Å². The van der Waals surface area contributed by atoms with E-state index in [9.17, 15) is 24.0 Å². The lowest BCUT2D eigenvalue weighted by Crippen LogP contribution is -2.60. The summed E-state index contributed by atoms with van der Waals surface area (Å²) in [6.45, 7) is 9.82. The van der Waals surface area contributed by atoms with Crippen molar-refractivity contribution in [3.63, 3.8) is 0 Å². The van der Waals surface area contributed by atoms with Crippen molar-refractivity contribution in [3.8, 4) is 5.75 Å². The van der Waals surface area contributed by atoms with Crippen molar-refractivity contribution in [3.05, 3.63) is 113 Å². The molecule has 12 heteroatoms. The first kappa shape index (κ1) is 35.1. The molecule has 8 rings (SSSR count). The number of aromatic nitrogens is 2. The first-order valence-corrected chi connectivity index (χ1v) is 18.4. The van der Waals surface area contributed by atoms with Crippen LogP contribution in [0.25, 0.3) is 0 Å². The minimum atomic E-state index is -0.967. The van der Waals surface area contributed by atoms with Gasteiger partial charge in [0.15, 0.2) is 11.6 Å². The van der Waals surface area contributed by atoms with Gasteiger partial charge in [0, 0.05) is 67.9 Å². The van der Waals surface area contributed by atoms with Crippen molar-refractivity contribution >= 4 is 40.8 Å². The maximum atomic E-state index is 13.3. The van der Waals surface area contributed by atoms with Crippen molar-refractivity contribution in [2.75, 3.05) is 36.0 Å². The minimum absolute atomic E-state index is 0.0959. The second kappa shape index (κ2) is 13.5. The van der Waals surface area contributed by atoms with Gasteiger partial charge in [-0.15, -0.1) is 0 Å². The van der Waals surface area contributed by atoms with E-state index in [0.29, 0.717) is 16.8 Å². The van der Waals surface area contributed by atoms with Gasteiger partial charge in [0.1, 0.15) is 18.4 Å². The number of imide groups is 2. The Hall–Kier alpha value is -5.91. The zero-order valence-electron chi connectivity index (χ0n) is 30.6. The number of rotatable bonds is 9. The number of ketones is 1. The highest BCUT2D eigenvalue weighted by Gasteiger charge is 2.47. The number of carbonyl (C=O) groups is 5. The Morgan fingerprint density at radius 3 is 2.17 bits per heavy atom. The number of hydrogen-bond acceptors (Lipinski definition) is 10. The Balaban J connectivity index is 0.846. The van der Waals surface area contributed by atoms with E-state index in [1.54, 1.807) is 24.4 Å². The van der Waals surface area contributed by atoms with Crippen LogP contribution < -0.4 is 19.9 Å². The van der Waals surface area contributed by atoms with E-state index in [0.717, 1.165) is 55.4 Å². The second-order valence-electron chi connectivity index (χ2n) is 15.4. The minimum Gasteiger partial charge on any atom is -0.487 e. The number of nitrogens with one attached hydrogen (secondary N) is 1. The molecule has 1 N–H and O–H groups in total. The molecule has 0 aliphatic carbocycles. The van der Waals surface area contributed by atoms with E-state index in [1.165, 1.54) is 23.7 Å². The van der Waals surface area contributed by atoms with Crippen molar-refractivity contribution in [2.45, 2.75) is 64.5 Å². The lowest BCUT2D eigenvalue weighted by molar-refractivity contribution is -0.136. The van der Waals surface area contributed by atoms with Crippen molar-refractivity contribution < 1.29 is 28.7 Å². The van der Waals surface area contributed by atoms with Crippen LogP contribution in [0, 0.1) is 5.41 Å². The number of fused-ring (bicyclic) bond motifs is 1. The molecule has 0 radical (unpaired) electrons. The highest BCUT2D eigenvalue weighted by molar-refractivity contribution is 6.23. The van der Waals surface area contributed by atoms with Crippen LogP contribution in [0.2, 0.25) is 0 Å². The summed E-state index contributed by atoms with van der Waals surface area (Å²) in [5.74, 6) is -1.22. The number of ether oxygens (including phenoxy) is 1. The smallest absolute Gasteiger partial charge is 0.262 e. The predicted octanol–water partition coefficient (Wildman–Crippen LogP) is 5.09.